The highest BCUT2D eigenvalue weighted by molar-refractivity contribution is 5.89. The van der Waals surface area contributed by atoms with Crippen LogP contribution in [0.1, 0.15) is 43.8 Å². The van der Waals surface area contributed by atoms with Gasteiger partial charge in [0.25, 0.3) is 0 Å². The Morgan fingerprint density at radius 3 is 2.43 bits per heavy atom. The number of benzene rings is 1. The SMILES string of the molecule is Cc1nc(-c2ccc(NC(=O)NC3CCCCC3)cc2)c(C)o1. The van der Waals surface area contributed by atoms with Crippen LogP contribution in [0.3, 0.4) is 0 Å². The molecule has 0 unspecified atom stereocenters. The Morgan fingerprint density at radius 1 is 1.13 bits per heavy atom. The number of anilines is 1. The van der Waals surface area contributed by atoms with Crippen LogP contribution in [0.2, 0.25) is 0 Å². The molecular formula is C18H23N3O2. The smallest absolute Gasteiger partial charge is 0.319 e. The lowest BCUT2D eigenvalue weighted by Gasteiger charge is -2.22. The lowest BCUT2D eigenvalue weighted by Crippen LogP contribution is -2.38. The van der Waals surface area contributed by atoms with Crippen molar-refractivity contribution in [1.29, 1.82) is 0 Å². The van der Waals surface area contributed by atoms with E-state index in [0.717, 1.165) is 35.5 Å². The third kappa shape index (κ3) is 3.92. The van der Waals surface area contributed by atoms with Gasteiger partial charge in [0.05, 0.1) is 0 Å². The van der Waals surface area contributed by atoms with Crippen LogP contribution < -0.4 is 10.6 Å². The summed E-state index contributed by atoms with van der Waals surface area (Å²) in [6.45, 7) is 3.74. The van der Waals surface area contributed by atoms with Gasteiger partial charge in [-0.2, -0.15) is 0 Å². The number of amides is 2. The fraction of sp³-hybridized carbons (Fsp3) is 0.444. The first-order chi connectivity index (χ1) is 11.1. The third-order valence-corrected chi connectivity index (χ3v) is 4.26. The number of carbonyl (C=O) groups is 1. The van der Waals surface area contributed by atoms with E-state index in [2.05, 4.69) is 15.6 Å². The van der Waals surface area contributed by atoms with Gasteiger partial charge in [0, 0.05) is 24.2 Å². The van der Waals surface area contributed by atoms with E-state index < -0.39 is 0 Å². The molecule has 1 aromatic heterocycles. The van der Waals surface area contributed by atoms with Crippen molar-refractivity contribution in [3.8, 4) is 11.3 Å². The summed E-state index contributed by atoms with van der Waals surface area (Å²) in [6, 6.07) is 7.85. The van der Waals surface area contributed by atoms with Crippen molar-refractivity contribution < 1.29 is 9.21 Å². The molecular weight excluding hydrogens is 290 g/mol. The van der Waals surface area contributed by atoms with Crippen LogP contribution in [0.15, 0.2) is 28.7 Å². The summed E-state index contributed by atoms with van der Waals surface area (Å²) >= 11 is 0. The lowest BCUT2D eigenvalue weighted by molar-refractivity contribution is 0.244. The number of nitrogens with one attached hydrogen (secondary N) is 2. The summed E-state index contributed by atoms with van der Waals surface area (Å²) in [6.07, 6.45) is 5.85. The fourth-order valence-corrected chi connectivity index (χ4v) is 3.11. The zero-order valence-electron chi connectivity index (χ0n) is 13.7. The molecule has 5 heteroatoms. The summed E-state index contributed by atoms with van der Waals surface area (Å²) < 4.78 is 5.46. The van der Waals surface area contributed by atoms with Crippen molar-refractivity contribution in [3.63, 3.8) is 0 Å². The van der Waals surface area contributed by atoms with Crippen molar-refractivity contribution in [3.05, 3.63) is 35.9 Å². The zero-order chi connectivity index (χ0) is 16.2. The molecule has 122 valence electrons. The van der Waals surface area contributed by atoms with Crippen molar-refractivity contribution in [1.82, 2.24) is 10.3 Å². The molecule has 1 aliphatic carbocycles. The van der Waals surface area contributed by atoms with Gasteiger partial charge in [-0.3, -0.25) is 0 Å². The van der Waals surface area contributed by atoms with Crippen molar-refractivity contribution >= 4 is 11.7 Å². The molecule has 5 nitrogen and oxygen atoms in total. The zero-order valence-corrected chi connectivity index (χ0v) is 13.7. The van der Waals surface area contributed by atoms with Crippen molar-refractivity contribution in [2.75, 3.05) is 5.32 Å². The van der Waals surface area contributed by atoms with Crippen LogP contribution in [-0.4, -0.2) is 17.1 Å². The Kier molecular flexibility index (Phi) is 4.65. The van der Waals surface area contributed by atoms with Gasteiger partial charge >= 0.3 is 6.03 Å². The second-order valence-corrected chi connectivity index (χ2v) is 6.15. The Bertz CT molecular complexity index is 670. The molecule has 0 aliphatic heterocycles. The number of hydrogen-bond acceptors (Lipinski definition) is 3. The van der Waals surface area contributed by atoms with Crippen LogP contribution in [0.5, 0.6) is 0 Å². The number of aryl methyl sites for hydroxylation is 2. The van der Waals surface area contributed by atoms with Gasteiger partial charge in [-0.25, -0.2) is 9.78 Å². The van der Waals surface area contributed by atoms with E-state index in [-0.39, 0.29) is 6.03 Å². The van der Waals surface area contributed by atoms with Crippen LogP contribution >= 0.6 is 0 Å². The molecule has 0 radical (unpaired) electrons. The molecule has 2 N–H and O–H groups in total. The predicted octanol–water partition coefficient (Wildman–Crippen LogP) is 4.41. The van der Waals surface area contributed by atoms with Gasteiger partial charge in [-0.1, -0.05) is 31.4 Å². The first kappa shape index (κ1) is 15.6. The minimum absolute atomic E-state index is 0.127. The molecule has 1 fully saturated rings. The van der Waals surface area contributed by atoms with Gasteiger partial charge < -0.3 is 15.1 Å². The highest BCUT2D eigenvalue weighted by Crippen LogP contribution is 2.24. The topological polar surface area (TPSA) is 67.2 Å². The number of carbonyl (C=O) groups excluding carboxylic acids is 1. The highest BCUT2D eigenvalue weighted by Gasteiger charge is 2.15. The monoisotopic (exact) mass is 313 g/mol. The van der Waals surface area contributed by atoms with Gasteiger partial charge in [-0.05, 0) is 31.9 Å². The van der Waals surface area contributed by atoms with Gasteiger partial charge in [0.15, 0.2) is 5.89 Å². The standard InChI is InChI=1S/C18H23N3O2/c1-12-17(19-13(2)23-12)14-8-10-16(11-9-14)21-18(22)20-15-6-4-3-5-7-15/h8-11,15H,3-7H2,1-2H3,(H2,20,21,22). The minimum atomic E-state index is -0.127. The molecule has 0 atom stereocenters. The molecule has 1 heterocycles. The number of oxazole rings is 1. The predicted molar refractivity (Wildman–Crippen MR) is 90.4 cm³/mol. The summed E-state index contributed by atoms with van der Waals surface area (Å²) in [7, 11) is 0. The van der Waals surface area contributed by atoms with Crippen molar-refractivity contribution in [2.45, 2.75) is 52.0 Å². The van der Waals surface area contributed by atoms with Crippen LogP contribution in [0.25, 0.3) is 11.3 Å². The van der Waals surface area contributed by atoms with E-state index in [1.54, 1.807) is 0 Å². The van der Waals surface area contributed by atoms with E-state index in [9.17, 15) is 4.79 Å². The normalized spacial score (nSPS) is 15.4. The van der Waals surface area contributed by atoms with Gasteiger partial charge in [-0.15, -0.1) is 0 Å². The second-order valence-electron chi connectivity index (χ2n) is 6.15. The Hall–Kier alpha value is -2.30. The first-order valence-corrected chi connectivity index (χ1v) is 8.24. The third-order valence-electron chi connectivity index (χ3n) is 4.26. The minimum Gasteiger partial charge on any atom is -0.446 e. The summed E-state index contributed by atoms with van der Waals surface area (Å²) in [5.74, 6) is 1.46. The van der Waals surface area contributed by atoms with E-state index in [1.165, 1.54) is 19.3 Å². The highest BCUT2D eigenvalue weighted by atomic mass is 16.4. The number of nitrogens with zero attached hydrogens (tertiary/aromatic N) is 1. The van der Waals surface area contributed by atoms with Crippen molar-refractivity contribution in [2.24, 2.45) is 0 Å². The van der Waals surface area contributed by atoms with Gasteiger partial charge in [0.1, 0.15) is 11.5 Å². The average Bonchev–Trinajstić information content (AvgIpc) is 2.87. The molecule has 3 rings (SSSR count). The van der Waals surface area contributed by atoms with E-state index in [0.29, 0.717) is 11.9 Å². The molecule has 1 saturated carbocycles. The van der Waals surface area contributed by atoms with Crippen LogP contribution in [0.4, 0.5) is 10.5 Å². The summed E-state index contributed by atoms with van der Waals surface area (Å²) in [5.41, 5.74) is 2.61. The quantitative estimate of drug-likeness (QED) is 0.882. The fourth-order valence-electron chi connectivity index (χ4n) is 3.11. The van der Waals surface area contributed by atoms with Crippen LogP contribution in [-0.2, 0) is 0 Å². The number of urea groups is 1. The Labute approximate surface area is 136 Å². The average molecular weight is 313 g/mol. The lowest BCUT2D eigenvalue weighted by atomic mass is 9.96. The molecule has 1 aliphatic rings. The Morgan fingerprint density at radius 2 is 1.83 bits per heavy atom. The van der Waals surface area contributed by atoms with Gasteiger partial charge in [0.2, 0.25) is 0 Å². The Balaban J connectivity index is 1.61. The number of rotatable bonds is 3. The van der Waals surface area contributed by atoms with E-state index in [4.69, 9.17) is 4.42 Å². The van der Waals surface area contributed by atoms with E-state index in [1.807, 2.05) is 38.1 Å². The number of hydrogen-bond donors (Lipinski definition) is 2. The molecule has 23 heavy (non-hydrogen) atoms. The summed E-state index contributed by atoms with van der Waals surface area (Å²) in [5, 5.41) is 5.94. The maximum Gasteiger partial charge on any atom is 0.319 e. The maximum atomic E-state index is 12.0. The maximum absolute atomic E-state index is 12.0. The summed E-state index contributed by atoms with van der Waals surface area (Å²) in [4.78, 5) is 16.4. The largest absolute Gasteiger partial charge is 0.446 e. The molecule has 0 bridgehead atoms. The molecule has 0 saturated heterocycles. The number of aromatic nitrogens is 1. The van der Waals surface area contributed by atoms with Crippen LogP contribution in [0, 0.1) is 13.8 Å². The molecule has 1 aromatic carbocycles. The second kappa shape index (κ2) is 6.86. The molecule has 2 amide bonds. The first-order valence-electron chi connectivity index (χ1n) is 8.24. The van der Waals surface area contributed by atoms with E-state index >= 15 is 0 Å². The molecule has 2 aromatic rings. The molecule has 0 spiro atoms.